The van der Waals surface area contributed by atoms with Gasteiger partial charge in [-0.1, -0.05) is 6.07 Å². The van der Waals surface area contributed by atoms with Crippen molar-refractivity contribution in [3.63, 3.8) is 0 Å². The summed E-state index contributed by atoms with van der Waals surface area (Å²) >= 11 is 1.51. The summed E-state index contributed by atoms with van der Waals surface area (Å²) in [5, 5.41) is 10.1. The lowest BCUT2D eigenvalue weighted by Crippen LogP contribution is -2.32. The van der Waals surface area contributed by atoms with E-state index in [4.69, 9.17) is 9.15 Å². The van der Waals surface area contributed by atoms with E-state index in [1.165, 1.54) is 11.3 Å². The third kappa shape index (κ3) is 3.42. The van der Waals surface area contributed by atoms with Crippen LogP contribution >= 0.6 is 11.3 Å². The zero-order valence-corrected chi connectivity index (χ0v) is 13.5. The highest BCUT2D eigenvalue weighted by molar-refractivity contribution is 7.13. The molecule has 0 saturated carbocycles. The molecule has 0 bridgehead atoms. The van der Waals surface area contributed by atoms with Crippen molar-refractivity contribution in [3.8, 4) is 10.8 Å². The molecule has 1 aliphatic heterocycles. The Bertz CT molecular complexity index is 683. The molecular weight excluding hydrogens is 318 g/mol. The van der Waals surface area contributed by atoms with Gasteiger partial charge in [-0.2, -0.15) is 0 Å². The Balaban J connectivity index is 1.71. The van der Waals surface area contributed by atoms with Gasteiger partial charge in [0.25, 0.3) is 5.89 Å². The van der Waals surface area contributed by atoms with Gasteiger partial charge in [-0.25, -0.2) is 0 Å². The van der Waals surface area contributed by atoms with Crippen LogP contribution in [0.15, 0.2) is 21.9 Å². The highest BCUT2D eigenvalue weighted by Crippen LogP contribution is 2.33. The van der Waals surface area contributed by atoms with Crippen molar-refractivity contribution in [2.75, 3.05) is 13.2 Å². The number of amides is 1. The fraction of sp³-hybridized carbons (Fsp3) is 0.467. The summed E-state index contributed by atoms with van der Waals surface area (Å²) in [5.74, 6) is 0.109. The predicted molar refractivity (Wildman–Crippen MR) is 82.5 cm³/mol. The minimum atomic E-state index is -0.507. The van der Waals surface area contributed by atoms with Crippen LogP contribution in [-0.2, 0) is 14.3 Å². The molecule has 1 amide bonds. The Morgan fingerprint density at radius 2 is 2.35 bits per heavy atom. The zero-order chi connectivity index (χ0) is 16.2. The number of carbonyl (C=O) groups is 2. The van der Waals surface area contributed by atoms with Crippen LogP contribution < -0.4 is 0 Å². The molecule has 1 fully saturated rings. The summed E-state index contributed by atoms with van der Waals surface area (Å²) in [6.07, 6.45) is 1.34. The van der Waals surface area contributed by atoms with Crippen molar-refractivity contribution in [2.24, 2.45) is 0 Å². The third-order valence-electron chi connectivity index (χ3n) is 3.63. The molecule has 122 valence electrons. The Kier molecular flexibility index (Phi) is 4.71. The molecular formula is C15H17N3O4S. The van der Waals surface area contributed by atoms with E-state index in [1.54, 1.807) is 11.8 Å². The van der Waals surface area contributed by atoms with Crippen LogP contribution in [0.25, 0.3) is 10.8 Å². The summed E-state index contributed by atoms with van der Waals surface area (Å²) in [7, 11) is 0. The summed E-state index contributed by atoms with van der Waals surface area (Å²) < 4.78 is 10.6. The average molecular weight is 335 g/mol. The number of aromatic nitrogens is 2. The molecule has 3 rings (SSSR count). The Hall–Kier alpha value is -2.22. The first-order valence-corrected chi connectivity index (χ1v) is 8.39. The molecule has 1 aliphatic rings. The van der Waals surface area contributed by atoms with E-state index in [0.717, 1.165) is 17.7 Å². The first-order chi connectivity index (χ1) is 11.2. The SMILES string of the molecule is CCOC(=O)CC(=O)N1CCCC1c1nnc(-c2cccs2)o1. The number of thiophene rings is 1. The number of hydrogen-bond acceptors (Lipinski definition) is 7. The van der Waals surface area contributed by atoms with Crippen LogP contribution in [0.3, 0.4) is 0 Å². The molecule has 0 spiro atoms. The highest BCUT2D eigenvalue weighted by atomic mass is 32.1. The van der Waals surface area contributed by atoms with E-state index < -0.39 is 5.97 Å². The number of ether oxygens (including phenoxy) is 1. The second-order valence-corrected chi connectivity index (χ2v) is 6.10. The van der Waals surface area contributed by atoms with Crippen molar-refractivity contribution in [1.82, 2.24) is 15.1 Å². The fourth-order valence-corrected chi connectivity index (χ4v) is 3.27. The maximum Gasteiger partial charge on any atom is 0.315 e. The molecule has 3 heterocycles. The molecule has 8 heteroatoms. The maximum atomic E-state index is 12.3. The standard InChI is InChI=1S/C15H17N3O4S/c1-2-21-13(20)9-12(19)18-7-3-5-10(18)14-16-17-15(22-14)11-6-4-8-23-11/h4,6,8,10H,2-3,5,7,9H2,1H3. The van der Waals surface area contributed by atoms with Crippen LogP contribution in [0.2, 0.25) is 0 Å². The van der Waals surface area contributed by atoms with E-state index >= 15 is 0 Å². The number of hydrogen-bond donors (Lipinski definition) is 0. The van der Waals surface area contributed by atoms with Gasteiger partial charge in [-0.15, -0.1) is 21.5 Å². The van der Waals surface area contributed by atoms with E-state index in [1.807, 2.05) is 17.5 Å². The lowest BCUT2D eigenvalue weighted by Gasteiger charge is -2.21. The Morgan fingerprint density at radius 1 is 1.48 bits per heavy atom. The molecule has 1 atom stereocenters. The monoisotopic (exact) mass is 335 g/mol. The second kappa shape index (κ2) is 6.91. The van der Waals surface area contributed by atoms with Gasteiger partial charge < -0.3 is 14.1 Å². The van der Waals surface area contributed by atoms with Gasteiger partial charge in [0, 0.05) is 6.54 Å². The third-order valence-corrected chi connectivity index (χ3v) is 4.49. The summed E-state index contributed by atoms with van der Waals surface area (Å²) in [6, 6.07) is 3.55. The van der Waals surface area contributed by atoms with Crippen LogP contribution in [0.4, 0.5) is 0 Å². The highest BCUT2D eigenvalue weighted by Gasteiger charge is 2.34. The molecule has 7 nitrogen and oxygen atoms in total. The number of likely N-dealkylation sites (tertiary alicyclic amines) is 1. The van der Waals surface area contributed by atoms with Crippen molar-refractivity contribution in [2.45, 2.75) is 32.2 Å². The van der Waals surface area contributed by atoms with Crippen LogP contribution in [-0.4, -0.2) is 40.1 Å². The van der Waals surface area contributed by atoms with Crippen molar-refractivity contribution >= 4 is 23.2 Å². The van der Waals surface area contributed by atoms with Crippen molar-refractivity contribution < 1.29 is 18.7 Å². The normalized spacial score (nSPS) is 17.4. The van der Waals surface area contributed by atoms with Gasteiger partial charge in [0.1, 0.15) is 12.5 Å². The van der Waals surface area contributed by atoms with Crippen LogP contribution in [0, 0.1) is 0 Å². The van der Waals surface area contributed by atoms with Gasteiger partial charge in [-0.3, -0.25) is 9.59 Å². The molecule has 1 unspecified atom stereocenters. The van der Waals surface area contributed by atoms with Crippen molar-refractivity contribution in [3.05, 3.63) is 23.4 Å². The number of carbonyl (C=O) groups excluding carboxylic acids is 2. The largest absolute Gasteiger partial charge is 0.466 e. The first kappa shape index (κ1) is 15.7. The molecule has 0 N–H and O–H groups in total. The Labute approximate surface area is 137 Å². The van der Waals surface area contributed by atoms with Crippen LogP contribution in [0.1, 0.15) is 38.1 Å². The molecule has 2 aromatic rings. The fourth-order valence-electron chi connectivity index (χ4n) is 2.63. The van der Waals surface area contributed by atoms with E-state index in [-0.39, 0.29) is 25.0 Å². The maximum absolute atomic E-state index is 12.3. The van der Waals surface area contributed by atoms with Gasteiger partial charge in [0.2, 0.25) is 11.8 Å². The smallest absolute Gasteiger partial charge is 0.315 e. The van der Waals surface area contributed by atoms with Crippen molar-refractivity contribution in [1.29, 1.82) is 0 Å². The molecule has 0 aliphatic carbocycles. The molecule has 2 aromatic heterocycles. The summed E-state index contributed by atoms with van der Waals surface area (Å²) in [6.45, 7) is 2.56. The minimum absolute atomic E-state index is 0.254. The van der Waals surface area contributed by atoms with Crippen LogP contribution in [0.5, 0.6) is 0 Å². The van der Waals surface area contributed by atoms with Gasteiger partial charge in [0.15, 0.2) is 0 Å². The second-order valence-electron chi connectivity index (χ2n) is 5.15. The Morgan fingerprint density at radius 3 is 3.09 bits per heavy atom. The van der Waals surface area contributed by atoms with E-state index in [9.17, 15) is 9.59 Å². The molecule has 1 saturated heterocycles. The van der Waals surface area contributed by atoms with Gasteiger partial charge in [0.05, 0.1) is 11.5 Å². The lowest BCUT2D eigenvalue weighted by molar-refractivity contribution is -0.149. The number of nitrogens with zero attached hydrogens (tertiary/aromatic N) is 3. The zero-order valence-electron chi connectivity index (χ0n) is 12.7. The molecule has 0 aromatic carbocycles. The molecule has 0 radical (unpaired) electrons. The average Bonchev–Trinajstić information content (AvgIpc) is 3.27. The van der Waals surface area contributed by atoms with Gasteiger partial charge in [-0.05, 0) is 31.2 Å². The molecule has 23 heavy (non-hydrogen) atoms. The van der Waals surface area contributed by atoms with E-state index in [0.29, 0.717) is 18.3 Å². The summed E-state index contributed by atoms with van der Waals surface area (Å²) in [4.78, 5) is 26.3. The van der Waals surface area contributed by atoms with E-state index in [2.05, 4.69) is 10.2 Å². The summed E-state index contributed by atoms with van der Waals surface area (Å²) in [5.41, 5.74) is 0. The topological polar surface area (TPSA) is 85.5 Å². The number of rotatable bonds is 5. The quantitative estimate of drug-likeness (QED) is 0.616. The number of esters is 1. The van der Waals surface area contributed by atoms with Gasteiger partial charge >= 0.3 is 5.97 Å². The lowest BCUT2D eigenvalue weighted by atomic mass is 10.2. The minimum Gasteiger partial charge on any atom is -0.466 e. The predicted octanol–water partition coefficient (Wildman–Crippen LogP) is 2.41. The first-order valence-electron chi connectivity index (χ1n) is 7.51.